The Morgan fingerprint density at radius 3 is 1.72 bits per heavy atom. The topological polar surface area (TPSA) is 107 Å². The summed E-state index contributed by atoms with van der Waals surface area (Å²) in [5.41, 5.74) is -0.717. The van der Waals surface area contributed by atoms with Crippen molar-refractivity contribution < 1.29 is 32.0 Å². The number of rotatable bonds is 19. The first-order valence-corrected chi connectivity index (χ1v) is 14.4. The summed E-state index contributed by atoms with van der Waals surface area (Å²) >= 11 is 0. The van der Waals surface area contributed by atoms with Crippen molar-refractivity contribution in [2.75, 3.05) is 13.2 Å². The Bertz CT molecular complexity index is 949. The Hall–Kier alpha value is -2.45. The average molecular weight is 523 g/mol. The third-order valence-corrected chi connectivity index (χ3v) is 6.59. The predicted octanol–water partition coefficient (Wildman–Crippen LogP) is 7.08. The van der Waals surface area contributed by atoms with E-state index in [1.54, 1.807) is 0 Å². The summed E-state index contributed by atoms with van der Waals surface area (Å²) in [7, 11) is -4.75. The Kier molecular flexibility index (Phi) is 16.5. The molecule has 0 saturated heterocycles. The number of esters is 2. The fourth-order valence-corrected chi connectivity index (χ4v) is 4.43. The SMILES string of the molecule is C/C=C/CCCCCCCOC(=O)c1cccc(S(=O)(=O)O)c1C(=O)OCCCCCCC/C=C/C. The van der Waals surface area contributed by atoms with E-state index in [2.05, 4.69) is 12.2 Å². The molecule has 0 atom stereocenters. The summed E-state index contributed by atoms with van der Waals surface area (Å²) in [6, 6.07) is 3.66. The first-order valence-electron chi connectivity index (χ1n) is 13.0. The zero-order valence-corrected chi connectivity index (χ0v) is 22.6. The molecule has 1 rings (SSSR count). The quantitative estimate of drug-likeness (QED) is 0.0895. The van der Waals surface area contributed by atoms with E-state index in [1.807, 2.05) is 26.0 Å². The Balaban J connectivity index is 2.63. The van der Waals surface area contributed by atoms with E-state index in [4.69, 9.17) is 9.47 Å². The second-order valence-corrected chi connectivity index (χ2v) is 10.1. The number of ether oxygens (including phenoxy) is 2. The molecule has 0 amide bonds. The molecule has 0 aromatic heterocycles. The van der Waals surface area contributed by atoms with Crippen molar-refractivity contribution in [3.8, 4) is 0 Å². The van der Waals surface area contributed by atoms with Crippen LogP contribution in [-0.2, 0) is 19.6 Å². The van der Waals surface area contributed by atoms with Crippen LogP contribution < -0.4 is 0 Å². The van der Waals surface area contributed by atoms with Crippen LogP contribution in [0.25, 0.3) is 0 Å². The number of carbonyl (C=O) groups excluding carboxylic acids is 2. The molecule has 36 heavy (non-hydrogen) atoms. The molecule has 0 heterocycles. The first kappa shape index (κ1) is 31.6. The van der Waals surface area contributed by atoms with Crippen LogP contribution in [0.3, 0.4) is 0 Å². The van der Waals surface area contributed by atoms with Crippen molar-refractivity contribution in [3.63, 3.8) is 0 Å². The fraction of sp³-hybridized carbons (Fsp3) is 0.571. The molecule has 0 radical (unpaired) electrons. The van der Waals surface area contributed by atoms with Gasteiger partial charge in [-0.1, -0.05) is 68.9 Å². The van der Waals surface area contributed by atoms with E-state index in [1.165, 1.54) is 12.1 Å². The van der Waals surface area contributed by atoms with Gasteiger partial charge in [0.1, 0.15) is 4.90 Å². The van der Waals surface area contributed by atoms with E-state index < -0.39 is 32.5 Å². The van der Waals surface area contributed by atoms with Crippen LogP contribution in [0.15, 0.2) is 47.4 Å². The molecule has 0 saturated carbocycles. The highest BCUT2D eigenvalue weighted by atomic mass is 32.2. The van der Waals surface area contributed by atoms with E-state index >= 15 is 0 Å². The molecule has 1 aromatic rings. The van der Waals surface area contributed by atoms with Crippen LogP contribution in [0.1, 0.15) is 112 Å². The molecule has 0 aliphatic rings. The van der Waals surface area contributed by atoms with Crippen molar-refractivity contribution >= 4 is 22.1 Å². The van der Waals surface area contributed by atoms with Gasteiger partial charge < -0.3 is 9.47 Å². The Morgan fingerprint density at radius 2 is 1.22 bits per heavy atom. The second kappa shape index (κ2) is 18.8. The number of carbonyl (C=O) groups is 2. The molecule has 8 heteroatoms. The van der Waals surface area contributed by atoms with Gasteiger partial charge in [-0.2, -0.15) is 8.42 Å². The van der Waals surface area contributed by atoms with Gasteiger partial charge in [0.2, 0.25) is 0 Å². The third-order valence-electron chi connectivity index (χ3n) is 5.70. The maximum Gasteiger partial charge on any atom is 0.340 e. The lowest BCUT2D eigenvalue weighted by molar-refractivity contribution is 0.0446. The summed E-state index contributed by atoms with van der Waals surface area (Å²) in [5.74, 6) is -1.79. The minimum atomic E-state index is -4.75. The molecule has 7 nitrogen and oxygen atoms in total. The lowest BCUT2D eigenvalue weighted by Crippen LogP contribution is -2.19. The van der Waals surface area contributed by atoms with Crippen LogP contribution in [-0.4, -0.2) is 38.1 Å². The first-order chi connectivity index (χ1) is 17.3. The highest BCUT2D eigenvalue weighted by molar-refractivity contribution is 7.86. The monoisotopic (exact) mass is 522 g/mol. The minimum absolute atomic E-state index is 0.0933. The Morgan fingerprint density at radius 1 is 0.750 bits per heavy atom. The average Bonchev–Trinajstić information content (AvgIpc) is 2.85. The van der Waals surface area contributed by atoms with Gasteiger partial charge in [-0.05, 0) is 64.5 Å². The summed E-state index contributed by atoms with van der Waals surface area (Å²) in [6.45, 7) is 4.25. The van der Waals surface area contributed by atoms with E-state index in [0.717, 1.165) is 70.3 Å². The van der Waals surface area contributed by atoms with Crippen molar-refractivity contribution in [1.82, 2.24) is 0 Å². The van der Waals surface area contributed by atoms with Crippen molar-refractivity contribution in [2.45, 2.75) is 95.8 Å². The second-order valence-electron chi connectivity index (χ2n) is 8.68. The lowest BCUT2D eigenvalue weighted by atomic mass is 10.1. The van der Waals surface area contributed by atoms with Crippen molar-refractivity contribution in [3.05, 3.63) is 53.6 Å². The van der Waals surface area contributed by atoms with Gasteiger partial charge in [0, 0.05) is 0 Å². The van der Waals surface area contributed by atoms with Crippen LogP contribution in [0.4, 0.5) is 0 Å². The molecule has 1 aromatic carbocycles. The summed E-state index contributed by atoms with van der Waals surface area (Å²) in [5, 5.41) is 0. The highest BCUT2D eigenvalue weighted by Gasteiger charge is 2.28. The van der Waals surface area contributed by atoms with Gasteiger partial charge >= 0.3 is 11.9 Å². The standard InChI is InChI=1S/C28H42O7S/c1-3-5-7-9-11-13-15-17-22-34-27(29)24-20-19-21-25(36(31,32)33)26(24)28(30)35-23-18-16-14-12-10-8-6-4-2/h3-6,19-21H,7-18,22-23H2,1-2H3,(H,31,32,33)/b5-3+,6-4+. The number of benzene rings is 1. The third kappa shape index (κ3) is 13.0. The number of unbranched alkanes of at least 4 members (excludes halogenated alkanes) is 10. The van der Waals surface area contributed by atoms with Gasteiger partial charge in [-0.25, -0.2) is 9.59 Å². The van der Waals surface area contributed by atoms with Gasteiger partial charge in [0.05, 0.1) is 24.3 Å². The molecule has 0 spiro atoms. The largest absolute Gasteiger partial charge is 0.462 e. The molecule has 202 valence electrons. The maximum absolute atomic E-state index is 12.7. The lowest BCUT2D eigenvalue weighted by Gasteiger charge is -2.13. The molecular weight excluding hydrogens is 480 g/mol. The fourth-order valence-electron chi connectivity index (χ4n) is 3.73. The maximum atomic E-state index is 12.7. The Labute approximate surface area is 216 Å². The molecule has 0 bridgehead atoms. The molecule has 0 aliphatic carbocycles. The van der Waals surface area contributed by atoms with Gasteiger partial charge in [-0.15, -0.1) is 0 Å². The van der Waals surface area contributed by atoms with E-state index in [9.17, 15) is 22.6 Å². The molecule has 0 fully saturated rings. The molecule has 1 N–H and O–H groups in total. The van der Waals surface area contributed by atoms with E-state index in [-0.39, 0.29) is 18.8 Å². The van der Waals surface area contributed by atoms with Crippen molar-refractivity contribution in [1.29, 1.82) is 0 Å². The predicted molar refractivity (Wildman–Crippen MR) is 142 cm³/mol. The number of hydrogen-bond acceptors (Lipinski definition) is 6. The number of hydrogen-bond donors (Lipinski definition) is 1. The summed E-state index contributed by atoms with van der Waals surface area (Å²) in [4.78, 5) is 24.8. The van der Waals surface area contributed by atoms with Gasteiger partial charge in [-0.3, -0.25) is 4.55 Å². The van der Waals surface area contributed by atoms with Gasteiger partial charge in [0.25, 0.3) is 10.1 Å². The molecule has 0 aliphatic heterocycles. The minimum Gasteiger partial charge on any atom is -0.462 e. The van der Waals surface area contributed by atoms with Crippen LogP contribution in [0.5, 0.6) is 0 Å². The number of allylic oxidation sites excluding steroid dienone is 4. The van der Waals surface area contributed by atoms with Crippen LogP contribution in [0, 0.1) is 0 Å². The molecular formula is C28H42O7S. The smallest absolute Gasteiger partial charge is 0.340 e. The molecule has 0 unspecified atom stereocenters. The zero-order chi connectivity index (χ0) is 26.7. The summed E-state index contributed by atoms with van der Waals surface area (Å²) in [6.07, 6.45) is 19.9. The summed E-state index contributed by atoms with van der Waals surface area (Å²) < 4.78 is 43.9. The van der Waals surface area contributed by atoms with E-state index in [0.29, 0.717) is 12.8 Å². The normalized spacial score (nSPS) is 11.9. The van der Waals surface area contributed by atoms with Crippen molar-refractivity contribution in [2.24, 2.45) is 0 Å². The van der Waals surface area contributed by atoms with Crippen LogP contribution >= 0.6 is 0 Å². The van der Waals surface area contributed by atoms with Gasteiger partial charge in [0.15, 0.2) is 0 Å². The zero-order valence-electron chi connectivity index (χ0n) is 21.7. The highest BCUT2D eigenvalue weighted by Crippen LogP contribution is 2.22. The van der Waals surface area contributed by atoms with Crippen LogP contribution in [0.2, 0.25) is 0 Å².